The van der Waals surface area contributed by atoms with Crippen LogP contribution in [-0.2, 0) is 0 Å². The van der Waals surface area contributed by atoms with Crippen LogP contribution in [0.25, 0.3) is 11.3 Å². The summed E-state index contributed by atoms with van der Waals surface area (Å²) in [6, 6.07) is 11.9. The Morgan fingerprint density at radius 2 is 1.95 bits per heavy atom. The van der Waals surface area contributed by atoms with Crippen molar-refractivity contribution in [1.82, 2.24) is 14.5 Å². The van der Waals surface area contributed by atoms with Crippen LogP contribution >= 0.6 is 0 Å². The Labute approximate surface area is 122 Å². The van der Waals surface area contributed by atoms with Crippen LogP contribution in [0.1, 0.15) is 29.7 Å². The minimum absolute atomic E-state index is 0.107. The van der Waals surface area contributed by atoms with E-state index in [0.717, 1.165) is 16.8 Å². The molecule has 0 saturated carbocycles. The number of imidazole rings is 1. The second-order valence-electron chi connectivity index (χ2n) is 5.33. The predicted molar refractivity (Wildman–Crippen MR) is 79.6 cm³/mol. The molecule has 104 valence electrons. The van der Waals surface area contributed by atoms with E-state index in [1.807, 2.05) is 55.1 Å². The maximum absolute atomic E-state index is 10.5. The number of aliphatic hydroxyl groups excluding tert-OH is 1. The van der Waals surface area contributed by atoms with E-state index in [4.69, 9.17) is 0 Å². The van der Waals surface area contributed by atoms with Crippen LogP contribution < -0.4 is 0 Å². The fourth-order valence-corrected chi connectivity index (χ4v) is 3.08. The number of pyridine rings is 1. The van der Waals surface area contributed by atoms with E-state index in [0.29, 0.717) is 6.42 Å². The molecule has 4 nitrogen and oxygen atoms in total. The van der Waals surface area contributed by atoms with Gasteiger partial charge in [0.1, 0.15) is 0 Å². The zero-order valence-electron chi connectivity index (χ0n) is 11.4. The van der Waals surface area contributed by atoms with Gasteiger partial charge in [0.15, 0.2) is 0 Å². The summed E-state index contributed by atoms with van der Waals surface area (Å²) >= 11 is 0. The van der Waals surface area contributed by atoms with Crippen LogP contribution in [0.5, 0.6) is 0 Å². The highest BCUT2D eigenvalue weighted by Crippen LogP contribution is 2.42. The lowest BCUT2D eigenvalue weighted by atomic mass is 9.97. The third-order valence-corrected chi connectivity index (χ3v) is 4.12. The normalized spacial score (nSPS) is 17.3. The van der Waals surface area contributed by atoms with Gasteiger partial charge in [0, 0.05) is 24.4 Å². The average Bonchev–Trinajstić information content (AvgIpc) is 3.11. The van der Waals surface area contributed by atoms with Crippen LogP contribution in [0.15, 0.2) is 61.3 Å². The molecule has 0 fully saturated rings. The SMILES string of the molecule is OC(CC1c2ccncc2-c2cncn21)c1ccccc1. The number of aromatic nitrogens is 3. The second kappa shape index (κ2) is 4.82. The summed E-state index contributed by atoms with van der Waals surface area (Å²) in [5.74, 6) is 0. The van der Waals surface area contributed by atoms with E-state index in [1.54, 1.807) is 6.20 Å². The van der Waals surface area contributed by atoms with Gasteiger partial charge in [0.05, 0.1) is 30.4 Å². The molecule has 1 aliphatic heterocycles. The summed E-state index contributed by atoms with van der Waals surface area (Å²) in [5, 5.41) is 10.5. The molecule has 4 rings (SSSR count). The smallest absolute Gasteiger partial charge is 0.0956 e. The number of rotatable bonds is 3. The molecule has 4 heteroatoms. The molecule has 0 saturated heterocycles. The fraction of sp³-hybridized carbons (Fsp3) is 0.176. The molecule has 0 radical (unpaired) electrons. The van der Waals surface area contributed by atoms with Crippen LogP contribution in [-0.4, -0.2) is 19.6 Å². The summed E-state index contributed by atoms with van der Waals surface area (Å²) in [7, 11) is 0. The van der Waals surface area contributed by atoms with Gasteiger partial charge in [0.2, 0.25) is 0 Å². The summed E-state index contributed by atoms with van der Waals surface area (Å²) in [4.78, 5) is 8.43. The van der Waals surface area contributed by atoms with Crippen LogP contribution in [0, 0.1) is 0 Å². The van der Waals surface area contributed by atoms with E-state index < -0.39 is 6.10 Å². The zero-order valence-corrected chi connectivity index (χ0v) is 11.4. The first-order valence-electron chi connectivity index (χ1n) is 7.03. The van der Waals surface area contributed by atoms with Crippen molar-refractivity contribution in [3.05, 3.63) is 72.4 Å². The topological polar surface area (TPSA) is 50.9 Å². The van der Waals surface area contributed by atoms with Gasteiger partial charge in [-0.25, -0.2) is 4.98 Å². The molecule has 0 aliphatic carbocycles. The number of hydrogen-bond donors (Lipinski definition) is 1. The Morgan fingerprint density at radius 3 is 2.81 bits per heavy atom. The molecule has 2 atom stereocenters. The Morgan fingerprint density at radius 1 is 1.10 bits per heavy atom. The van der Waals surface area contributed by atoms with Crippen molar-refractivity contribution >= 4 is 0 Å². The maximum Gasteiger partial charge on any atom is 0.0956 e. The van der Waals surface area contributed by atoms with Gasteiger partial charge in [-0.05, 0) is 17.2 Å². The Hall–Kier alpha value is -2.46. The molecule has 0 spiro atoms. The molecule has 1 aromatic carbocycles. The van der Waals surface area contributed by atoms with Crippen molar-refractivity contribution in [1.29, 1.82) is 0 Å². The number of fused-ring (bicyclic) bond motifs is 3. The number of hydrogen-bond acceptors (Lipinski definition) is 3. The molecule has 3 aromatic rings. The van der Waals surface area contributed by atoms with E-state index in [-0.39, 0.29) is 6.04 Å². The minimum atomic E-state index is -0.495. The largest absolute Gasteiger partial charge is 0.388 e. The van der Waals surface area contributed by atoms with Gasteiger partial charge >= 0.3 is 0 Å². The lowest BCUT2D eigenvalue weighted by Gasteiger charge is -2.19. The monoisotopic (exact) mass is 277 g/mol. The lowest BCUT2D eigenvalue weighted by molar-refractivity contribution is 0.154. The maximum atomic E-state index is 10.5. The molecular weight excluding hydrogens is 262 g/mol. The molecule has 0 bridgehead atoms. The van der Waals surface area contributed by atoms with Crippen molar-refractivity contribution < 1.29 is 5.11 Å². The van der Waals surface area contributed by atoms with Gasteiger partial charge in [-0.3, -0.25) is 4.98 Å². The molecule has 1 N–H and O–H groups in total. The first-order chi connectivity index (χ1) is 10.3. The van der Waals surface area contributed by atoms with Gasteiger partial charge in [-0.1, -0.05) is 30.3 Å². The van der Waals surface area contributed by atoms with Crippen LogP contribution in [0.2, 0.25) is 0 Å². The van der Waals surface area contributed by atoms with Crippen molar-refractivity contribution in [2.24, 2.45) is 0 Å². The standard InChI is InChI=1S/C17H15N3O/c21-17(12-4-2-1-3-5-12)8-15-13-6-7-18-9-14(13)16-10-19-11-20(15)16/h1-7,9-11,15,17,21H,8H2. The third-order valence-electron chi connectivity index (χ3n) is 4.12. The average molecular weight is 277 g/mol. The van der Waals surface area contributed by atoms with E-state index >= 15 is 0 Å². The fourth-order valence-electron chi connectivity index (χ4n) is 3.08. The van der Waals surface area contributed by atoms with Crippen molar-refractivity contribution in [3.8, 4) is 11.3 Å². The van der Waals surface area contributed by atoms with E-state index in [1.165, 1.54) is 5.56 Å². The number of aliphatic hydroxyl groups is 1. The lowest BCUT2D eigenvalue weighted by Crippen LogP contribution is -2.10. The van der Waals surface area contributed by atoms with Gasteiger partial charge in [0.25, 0.3) is 0 Å². The zero-order chi connectivity index (χ0) is 14.2. The number of nitrogens with zero attached hydrogens (tertiary/aromatic N) is 3. The third kappa shape index (κ3) is 1.96. The Balaban J connectivity index is 1.70. The highest BCUT2D eigenvalue weighted by molar-refractivity contribution is 5.67. The van der Waals surface area contributed by atoms with Crippen molar-refractivity contribution in [2.45, 2.75) is 18.6 Å². The number of benzene rings is 1. The van der Waals surface area contributed by atoms with Crippen LogP contribution in [0.4, 0.5) is 0 Å². The Kier molecular flexibility index (Phi) is 2.82. The second-order valence-corrected chi connectivity index (χ2v) is 5.33. The summed E-state index contributed by atoms with van der Waals surface area (Å²) < 4.78 is 2.12. The molecular formula is C17H15N3O. The summed E-state index contributed by atoms with van der Waals surface area (Å²) in [5.41, 5.74) is 4.34. The molecule has 3 heterocycles. The Bertz CT molecular complexity index is 766. The van der Waals surface area contributed by atoms with Crippen LogP contribution in [0.3, 0.4) is 0 Å². The van der Waals surface area contributed by atoms with E-state index in [2.05, 4.69) is 14.5 Å². The molecule has 21 heavy (non-hydrogen) atoms. The highest BCUT2D eigenvalue weighted by atomic mass is 16.3. The molecule has 1 aliphatic rings. The molecule has 2 unspecified atom stereocenters. The quantitative estimate of drug-likeness (QED) is 0.800. The molecule has 2 aromatic heterocycles. The van der Waals surface area contributed by atoms with E-state index in [9.17, 15) is 5.11 Å². The predicted octanol–water partition coefficient (Wildman–Crippen LogP) is 2.97. The van der Waals surface area contributed by atoms with Crippen molar-refractivity contribution in [2.75, 3.05) is 0 Å². The van der Waals surface area contributed by atoms with Gasteiger partial charge in [-0.15, -0.1) is 0 Å². The first kappa shape index (κ1) is 12.3. The molecule has 0 amide bonds. The minimum Gasteiger partial charge on any atom is -0.388 e. The van der Waals surface area contributed by atoms with Gasteiger partial charge < -0.3 is 9.67 Å². The summed E-state index contributed by atoms with van der Waals surface area (Å²) in [6.45, 7) is 0. The first-order valence-corrected chi connectivity index (χ1v) is 7.03. The van der Waals surface area contributed by atoms with Crippen molar-refractivity contribution in [3.63, 3.8) is 0 Å². The summed E-state index contributed by atoms with van der Waals surface area (Å²) in [6.07, 6.45) is 7.50. The van der Waals surface area contributed by atoms with Gasteiger partial charge in [-0.2, -0.15) is 0 Å². The highest BCUT2D eigenvalue weighted by Gasteiger charge is 2.30.